The molecule has 0 N–H and O–H groups in total. The molecule has 0 unspecified atom stereocenters. The molecular weight excluding hydrogens is 434 g/mol. The number of imidazole rings is 1. The molecule has 2 heterocycles. The van der Waals surface area contributed by atoms with Gasteiger partial charge in [-0.1, -0.05) is 81.8 Å². The van der Waals surface area contributed by atoms with E-state index in [2.05, 4.69) is 71.1 Å². The average Bonchev–Trinajstić information content (AvgIpc) is 3.53. The second kappa shape index (κ2) is 11.8. The van der Waals surface area contributed by atoms with Crippen LogP contribution in [-0.4, -0.2) is 27.8 Å². The SMILES string of the molecule is CCCCn1c(CN(CCC2CCCCC2)Cc2ccc3c(c2)OCO3)cnc1-c1ccccc1. The number of ether oxygens (including phenoxy) is 2. The Morgan fingerprint density at radius 2 is 1.80 bits per heavy atom. The second-order valence-electron chi connectivity index (χ2n) is 10.1. The Labute approximate surface area is 210 Å². The molecule has 0 saturated heterocycles. The monoisotopic (exact) mass is 473 g/mol. The minimum Gasteiger partial charge on any atom is -0.454 e. The molecule has 0 spiro atoms. The summed E-state index contributed by atoms with van der Waals surface area (Å²) in [6.07, 6.45) is 12.7. The van der Waals surface area contributed by atoms with Gasteiger partial charge in [0.2, 0.25) is 6.79 Å². The minimum absolute atomic E-state index is 0.322. The van der Waals surface area contributed by atoms with Crippen molar-refractivity contribution in [2.75, 3.05) is 13.3 Å². The summed E-state index contributed by atoms with van der Waals surface area (Å²) in [6.45, 7) is 6.51. The molecule has 1 aliphatic carbocycles. The van der Waals surface area contributed by atoms with Crippen molar-refractivity contribution in [1.29, 1.82) is 0 Å². The zero-order valence-corrected chi connectivity index (χ0v) is 21.1. The molecule has 0 atom stereocenters. The van der Waals surface area contributed by atoms with Gasteiger partial charge in [0, 0.05) is 25.2 Å². The number of fused-ring (bicyclic) bond motifs is 1. The average molecular weight is 474 g/mol. The maximum absolute atomic E-state index is 5.65. The van der Waals surface area contributed by atoms with Crippen LogP contribution in [0.25, 0.3) is 11.4 Å². The van der Waals surface area contributed by atoms with Gasteiger partial charge in [0.25, 0.3) is 0 Å². The smallest absolute Gasteiger partial charge is 0.231 e. The van der Waals surface area contributed by atoms with Crippen LogP contribution in [0.1, 0.15) is 69.5 Å². The lowest BCUT2D eigenvalue weighted by atomic mass is 9.87. The highest BCUT2D eigenvalue weighted by atomic mass is 16.7. The Hall–Kier alpha value is -2.79. The Morgan fingerprint density at radius 1 is 0.971 bits per heavy atom. The van der Waals surface area contributed by atoms with E-state index in [4.69, 9.17) is 14.5 Å². The summed E-state index contributed by atoms with van der Waals surface area (Å²) in [5.41, 5.74) is 3.78. The zero-order chi connectivity index (χ0) is 23.9. The van der Waals surface area contributed by atoms with Crippen LogP contribution in [0.5, 0.6) is 11.5 Å². The van der Waals surface area contributed by atoms with E-state index in [1.54, 1.807) is 0 Å². The van der Waals surface area contributed by atoms with Crippen LogP contribution in [0.3, 0.4) is 0 Å². The number of benzene rings is 2. The standard InChI is InChI=1S/C30H39N3O2/c1-2-3-17-33-27(20-31-30(33)26-12-8-5-9-13-26)22-32(18-16-24-10-6-4-7-11-24)21-25-14-15-28-29(19-25)35-23-34-28/h5,8-9,12-15,19-20,24H,2-4,6-7,10-11,16-18,21-23H2,1H3. The van der Waals surface area contributed by atoms with Crippen molar-refractivity contribution >= 4 is 0 Å². The van der Waals surface area contributed by atoms with Crippen LogP contribution in [-0.2, 0) is 19.6 Å². The highest BCUT2D eigenvalue weighted by Gasteiger charge is 2.20. The number of unbranched alkanes of at least 4 members (excludes halogenated alkanes) is 1. The summed E-state index contributed by atoms with van der Waals surface area (Å²) in [4.78, 5) is 7.51. The van der Waals surface area contributed by atoms with Crippen molar-refractivity contribution in [2.45, 2.75) is 77.9 Å². The van der Waals surface area contributed by atoms with Crippen molar-refractivity contribution in [2.24, 2.45) is 5.92 Å². The highest BCUT2D eigenvalue weighted by Crippen LogP contribution is 2.33. The van der Waals surface area contributed by atoms with Gasteiger partial charge in [-0.3, -0.25) is 4.90 Å². The van der Waals surface area contributed by atoms with Crippen LogP contribution in [0.2, 0.25) is 0 Å². The summed E-state index contributed by atoms with van der Waals surface area (Å²) in [6, 6.07) is 17.0. The van der Waals surface area contributed by atoms with Crippen molar-refractivity contribution in [3.63, 3.8) is 0 Å². The number of nitrogens with zero attached hydrogens (tertiary/aromatic N) is 3. The zero-order valence-electron chi connectivity index (χ0n) is 21.1. The normalized spacial score (nSPS) is 15.7. The van der Waals surface area contributed by atoms with E-state index in [1.807, 2.05) is 0 Å². The first-order chi connectivity index (χ1) is 17.3. The summed E-state index contributed by atoms with van der Waals surface area (Å²) in [5.74, 6) is 3.68. The predicted molar refractivity (Wildman–Crippen MR) is 140 cm³/mol. The molecule has 2 aromatic carbocycles. The van der Waals surface area contributed by atoms with Gasteiger partial charge in [-0.25, -0.2) is 4.98 Å². The van der Waals surface area contributed by atoms with E-state index in [9.17, 15) is 0 Å². The largest absolute Gasteiger partial charge is 0.454 e. The molecule has 35 heavy (non-hydrogen) atoms. The first kappa shape index (κ1) is 23.9. The van der Waals surface area contributed by atoms with Crippen LogP contribution in [0, 0.1) is 5.92 Å². The van der Waals surface area contributed by atoms with E-state index < -0.39 is 0 Å². The number of hydrogen-bond acceptors (Lipinski definition) is 4. The maximum atomic E-state index is 5.65. The highest BCUT2D eigenvalue weighted by molar-refractivity contribution is 5.55. The lowest BCUT2D eigenvalue weighted by Crippen LogP contribution is -2.27. The van der Waals surface area contributed by atoms with Crippen LogP contribution in [0.4, 0.5) is 0 Å². The quantitative estimate of drug-likeness (QED) is 0.299. The summed E-state index contributed by atoms with van der Waals surface area (Å²) in [5, 5.41) is 0. The molecule has 0 bridgehead atoms. The molecule has 1 aliphatic heterocycles. The van der Waals surface area contributed by atoms with Crippen molar-refractivity contribution in [1.82, 2.24) is 14.5 Å². The minimum atomic E-state index is 0.322. The van der Waals surface area contributed by atoms with Crippen molar-refractivity contribution < 1.29 is 9.47 Å². The van der Waals surface area contributed by atoms with Crippen LogP contribution < -0.4 is 9.47 Å². The molecule has 5 heteroatoms. The molecule has 5 nitrogen and oxygen atoms in total. The summed E-state index contributed by atoms with van der Waals surface area (Å²) >= 11 is 0. The molecule has 5 rings (SSSR count). The van der Waals surface area contributed by atoms with Gasteiger partial charge in [-0.2, -0.15) is 0 Å². The number of aromatic nitrogens is 2. The summed E-state index contributed by atoms with van der Waals surface area (Å²) < 4.78 is 13.6. The van der Waals surface area contributed by atoms with Gasteiger partial charge in [0.05, 0.1) is 11.9 Å². The van der Waals surface area contributed by atoms with Crippen molar-refractivity contribution in [3.05, 3.63) is 66.0 Å². The van der Waals surface area contributed by atoms with Gasteiger partial charge >= 0.3 is 0 Å². The molecule has 0 radical (unpaired) electrons. The van der Waals surface area contributed by atoms with Gasteiger partial charge in [0.15, 0.2) is 11.5 Å². The molecule has 0 amide bonds. The topological polar surface area (TPSA) is 39.5 Å². The molecule has 1 saturated carbocycles. The van der Waals surface area contributed by atoms with E-state index in [0.29, 0.717) is 6.79 Å². The Bertz CT molecular complexity index is 1070. The lowest BCUT2D eigenvalue weighted by Gasteiger charge is -2.27. The third-order valence-electron chi connectivity index (χ3n) is 7.51. The van der Waals surface area contributed by atoms with E-state index >= 15 is 0 Å². The van der Waals surface area contributed by atoms with Gasteiger partial charge in [-0.05, 0) is 43.0 Å². The summed E-state index contributed by atoms with van der Waals surface area (Å²) in [7, 11) is 0. The molecule has 3 aromatic rings. The predicted octanol–water partition coefficient (Wildman–Crippen LogP) is 7.05. The first-order valence-corrected chi connectivity index (χ1v) is 13.5. The third-order valence-corrected chi connectivity index (χ3v) is 7.51. The van der Waals surface area contributed by atoms with Gasteiger partial charge in [0.1, 0.15) is 5.82 Å². The Kier molecular flexibility index (Phi) is 8.04. The first-order valence-electron chi connectivity index (χ1n) is 13.5. The van der Waals surface area contributed by atoms with Gasteiger partial charge < -0.3 is 14.0 Å². The fourth-order valence-electron chi connectivity index (χ4n) is 5.50. The van der Waals surface area contributed by atoms with E-state index in [0.717, 1.165) is 55.8 Å². The fourth-order valence-corrected chi connectivity index (χ4v) is 5.50. The molecule has 1 fully saturated rings. The van der Waals surface area contributed by atoms with Gasteiger partial charge in [-0.15, -0.1) is 0 Å². The van der Waals surface area contributed by atoms with Crippen LogP contribution >= 0.6 is 0 Å². The Morgan fingerprint density at radius 3 is 2.63 bits per heavy atom. The molecule has 2 aliphatic rings. The van der Waals surface area contributed by atoms with E-state index in [-0.39, 0.29) is 0 Å². The maximum Gasteiger partial charge on any atom is 0.231 e. The molecular formula is C30H39N3O2. The fraction of sp³-hybridized carbons (Fsp3) is 0.500. The number of rotatable bonds is 11. The number of hydrogen-bond donors (Lipinski definition) is 0. The van der Waals surface area contributed by atoms with Crippen molar-refractivity contribution in [3.8, 4) is 22.9 Å². The lowest BCUT2D eigenvalue weighted by molar-refractivity contribution is 0.174. The second-order valence-corrected chi connectivity index (χ2v) is 10.1. The van der Waals surface area contributed by atoms with Crippen LogP contribution in [0.15, 0.2) is 54.7 Å². The molecule has 1 aromatic heterocycles. The Balaban J connectivity index is 1.37. The third kappa shape index (κ3) is 6.07. The molecule has 186 valence electrons. The van der Waals surface area contributed by atoms with E-state index in [1.165, 1.54) is 61.8 Å².